The molecule has 2 aliphatic rings. The topological polar surface area (TPSA) is 116 Å². The Labute approximate surface area is 185 Å². The van der Waals surface area contributed by atoms with Gasteiger partial charge in [0.1, 0.15) is 17.0 Å². The van der Waals surface area contributed by atoms with Crippen molar-refractivity contribution in [2.75, 3.05) is 19.4 Å². The van der Waals surface area contributed by atoms with Gasteiger partial charge in [0.2, 0.25) is 21.6 Å². The number of nitrogens with one attached hydrogen (secondary N) is 2. The number of hydrogen-bond donors (Lipinski definition) is 3. The van der Waals surface area contributed by atoms with Crippen molar-refractivity contribution in [1.29, 1.82) is 0 Å². The maximum Gasteiger partial charge on any atom is 0.247 e. The number of carbonyl (C=O) groups is 2. The molecule has 0 aromatic heterocycles. The smallest absolute Gasteiger partial charge is 0.247 e. The Morgan fingerprint density at radius 2 is 1.65 bits per heavy atom. The van der Waals surface area contributed by atoms with Gasteiger partial charge in [-0.1, -0.05) is 41.9 Å². The molecule has 2 saturated carbocycles. The minimum atomic E-state index is -4.03. The first-order valence-corrected chi connectivity index (χ1v) is 11.5. The highest BCUT2D eigenvalue weighted by Crippen LogP contribution is 2.47. The molecule has 0 radical (unpaired) electrons. The van der Waals surface area contributed by atoms with Gasteiger partial charge in [0.15, 0.2) is 5.75 Å². The first-order chi connectivity index (χ1) is 14.6. The zero-order valence-electron chi connectivity index (χ0n) is 16.9. The van der Waals surface area contributed by atoms with Gasteiger partial charge in [0.05, 0.1) is 10.7 Å². The molecule has 0 amide bonds. The number of hydrogen-bond acceptors (Lipinski definition) is 7. The fourth-order valence-electron chi connectivity index (χ4n) is 3.77. The van der Waals surface area contributed by atoms with Crippen LogP contribution in [-0.2, 0) is 25.2 Å². The molecule has 0 spiro atoms. The molecule has 31 heavy (non-hydrogen) atoms. The number of aromatic hydroxyl groups is 1. The van der Waals surface area contributed by atoms with E-state index in [1.165, 1.54) is 26.2 Å². The van der Waals surface area contributed by atoms with Crippen molar-refractivity contribution in [3.63, 3.8) is 0 Å². The van der Waals surface area contributed by atoms with Crippen LogP contribution in [0.5, 0.6) is 5.75 Å². The van der Waals surface area contributed by atoms with Crippen molar-refractivity contribution in [2.45, 2.75) is 35.4 Å². The number of halogens is 1. The van der Waals surface area contributed by atoms with E-state index in [0.717, 1.165) is 22.7 Å². The predicted octanol–water partition coefficient (Wildman–Crippen LogP) is 1.88. The van der Waals surface area contributed by atoms with Crippen molar-refractivity contribution in [2.24, 2.45) is 0 Å². The number of anilines is 1. The van der Waals surface area contributed by atoms with Crippen molar-refractivity contribution in [1.82, 2.24) is 9.62 Å². The quantitative estimate of drug-likeness (QED) is 0.424. The van der Waals surface area contributed by atoms with Gasteiger partial charge in [0.25, 0.3) is 0 Å². The second-order valence-electron chi connectivity index (χ2n) is 7.98. The number of sulfonamides is 1. The predicted molar refractivity (Wildman–Crippen MR) is 116 cm³/mol. The van der Waals surface area contributed by atoms with Gasteiger partial charge in [-0.15, -0.1) is 0 Å². The summed E-state index contributed by atoms with van der Waals surface area (Å²) < 4.78 is 26.0. The van der Waals surface area contributed by atoms with Crippen LogP contribution in [0.4, 0.5) is 5.69 Å². The normalized spacial score (nSPS) is 22.3. The zero-order valence-corrected chi connectivity index (χ0v) is 18.5. The number of carbonyl (C=O) groups excluding carboxylic acids is 2. The van der Waals surface area contributed by atoms with E-state index in [-0.39, 0.29) is 16.2 Å². The molecule has 2 aromatic rings. The summed E-state index contributed by atoms with van der Waals surface area (Å²) in [7, 11) is -1.40. The third-order valence-electron chi connectivity index (χ3n) is 5.78. The summed E-state index contributed by atoms with van der Waals surface area (Å²) in [5.74, 6) is -1.78. The van der Waals surface area contributed by atoms with Gasteiger partial charge in [-0.05, 0) is 30.5 Å². The van der Waals surface area contributed by atoms with Crippen molar-refractivity contribution in [3.8, 4) is 5.75 Å². The number of phenolic OH excluding ortho intramolecular Hbond substituents is 1. The molecule has 164 valence electrons. The summed E-state index contributed by atoms with van der Waals surface area (Å²) in [6, 6.07) is 10.6. The van der Waals surface area contributed by atoms with E-state index >= 15 is 0 Å². The highest BCUT2D eigenvalue weighted by Gasteiger charge is 2.55. The van der Waals surface area contributed by atoms with Gasteiger partial charge < -0.3 is 10.4 Å². The van der Waals surface area contributed by atoms with Crippen LogP contribution in [0.2, 0.25) is 5.02 Å². The van der Waals surface area contributed by atoms with Crippen molar-refractivity contribution >= 4 is 38.9 Å². The Kier molecular flexibility index (Phi) is 5.33. The van der Waals surface area contributed by atoms with Crippen LogP contribution in [0, 0.1) is 0 Å². The average Bonchev–Trinajstić information content (AvgIpc) is 3.53. The zero-order chi connectivity index (χ0) is 22.6. The molecule has 4 rings (SSSR count). The lowest BCUT2D eigenvalue weighted by atomic mass is 9.81. The summed E-state index contributed by atoms with van der Waals surface area (Å²) in [6.07, 6.45) is 1.66. The molecular weight excluding hydrogens is 442 g/mol. The highest BCUT2D eigenvalue weighted by molar-refractivity contribution is 7.89. The van der Waals surface area contributed by atoms with E-state index in [1.54, 1.807) is 0 Å². The number of rotatable bonds is 7. The van der Waals surface area contributed by atoms with Gasteiger partial charge in [-0.2, -0.15) is 0 Å². The van der Waals surface area contributed by atoms with Gasteiger partial charge in [-0.3, -0.25) is 14.9 Å². The molecule has 0 saturated heterocycles. The number of benzene rings is 2. The summed E-state index contributed by atoms with van der Waals surface area (Å²) in [5.41, 5.74) is 0.672. The summed E-state index contributed by atoms with van der Waals surface area (Å²) in [6.45, 7) is 0. The monoisotopic (exact) mass is 463 g/mol. The molecule has 2 fully saturated rings. The van der Waals surface area contributed by atoms with Crippen LogP contribution in [0.1, 0.15) is 18.4 Å². The first kappa shape index (κ1) is 21.8. The maximum atomic E-state index is 12.5. The Bertz CT molecular complexity index is 1160. The van der Waals surface area contributed by atoms with E-state index in [9.17, 15) is 23.1 Å². The van der Waals surface area contributed by atoms with Crippen LogP contribution in [0.25, 0.3) is 0 Å². The molecule has 0 bridgehead atoms. The average molecular weight is 464 g/mol. The molecular formula is C21H22ClN3O5S. The van der Waals surface area contributed by atoms with E-state index in [1.807, 2.05) is 30.3 Å². The van der Waals surface area contributed by atoms with E-state index in [2.05, 4.69) is 10.6 Å². The van der Waals surface area contributed by atoms with Crippen LogP contribution >= 0.6 is 11.6 Å². The van der Waals surface area contributed by atoms with Gasteiger partial charge in [0, 0.05) is 19.6 Å². The summed E-state index contributed by atoms with van der Waals surface area (Å²) in [4.78, 5) is 24.2. The lowest BCUT2D eigenvalue weighted by molar-refractivity contribution is -0.146. The van der Waals surface area contributed by atoms with Crippen LogP contribution < -0.4 is 10.6 Å². The molecule has 2 aliphatic carbocycles. The summed E-state index contributed by atoms with van der Waals surface area (Å²) >= 11 is 6.03. The largest absolute Gasteiger partial charge is 0.504 e. The molecule has 2 aromatic carbocycles. The van der Waals surface area contributed by atoms with E-state index in [0.29, 0.717) is 0 Å². The third-order valence-corrected chi connectivity index (χ3v) is 8.10. The van der Waals surface area contributed by atoms with Crippen LogP contribution in [0.15, 0.2) is 47.4 Å². The minimum absolute atomic E-state index is 0.00651. The molecule has 8 nitrogen and oxygen atoms in total. The Balaban J connectivity index is 1.61. The second kappa shape index (κ2) is 7.59. The lowest BCUT2D eigenvalue weighted by Crippen LogP contribution is -2.68. The van der Waals surface area contributed by atoms with E-state index in [4.69, 9.17) is 11.6 Å². The Hall–Kier alpha value is -2.46. The molecule has 0 heterocycles. The number of ketones is 2. The van der Waals surface area contributed by atoms with Crippen LogP contribution in [-0.4, -0.2) is 55.6 Å². The fraction of sp³-hybridized carbons (Fsp3) is 0.333. The summed E-state index contributed by atoms with van der Waals surface area (Å²) in [5, 5.41) is 16.6. The number of nitrogens with zero attached hydrogens (tertiary/aromatic N) is 1. The first-order valence-electron chi connectivity index (χ1n) is 9.70. The molecule has 0 aliphatic heterocycles. The highest BCUT2D eigenvalue weighted by atomic mass is 35.5. The van der Waals surface area contributed by atoms with E-state index < -0.39 is 44.3 Å². The molecule has 10 heteroatoms. The fourth-order valence-corrected chi connectivity index (χ4v) is 5.24. The van der Waals surface area contributed by atoms with Crippen LogP contribution in [0.3, 0.4) is 0 Å². The number of phenols is 1. The Morgan fingerprint density at radius 3 is 2.23 bits per heavy atom. The second-order valence-corrected chi connectivity index (χ2v) is 10.5. The lowest BCUT2D eigenvalue weighted by Gasteiger charge is -2.38. The molecule has 3 N–H and O–H groups in total. The van der Waals surface area contributed by atoms with Gasteiger partial charge in [-0.25, -0.2) is 12.7 Å². The third kappa shape index (κ3) is 3.61. The SMILES string of the molecule is CN(C)S(=O)(=O)c1c(Cl)ccc(NC2C(=O)C(=O)C2NC2(c3ccccc3)CC2)c1O. The maximum absolute atomic E-state index is 12.5. The van der Waals surface area contributed by atoms with Gasteiger partial charge >= 0.3 is 0 Å². The minimum Gasteiger partial charge on any atom is -0.504 e. The Morgan fingerprint density at radius 1 is 1.03 bits per heavy atom. The van der Waals surface area contributed by atoms with Crippen molar-refractivity contribution in [3.05, 3.63) is 53.1 Å². The van der Waals surface area contributed by atoms with Crippen molar-refractivity contribution < 1.29 is 23.1 Å². The standard InChI is InChI=1S/C21H22ClN3O5S/c1-25(2)31(29,30)20-13(22)8-9-14(17(20)26)23-15-16(19(28)18(15)27)24-21(10-11-21)12-6-4-3-5-7-12/h3-9,15-16,23-24,26H,10-11H2,1-2H3. The molecule has 2 unspecified atom stereocenters. The molecule has 2 atom stereocenters. The number of Topliss-reactive ketones (excluding diaryl/α,β-unsaturated/α-hetero) is 2.